The second kappa shape index (κ2) is 15.4. The zero-order chi connectivity index (χ0) is 42.7. The molecule has 6 atom stereocenters. The fourth-order valence-electron chi connectivity index (χ4n) is 8.31. The molecule has 7 rings (SSSR count). The number of pyridine rings is 1. The Bertz CT molecular complexity index is 2180. The van der Waals surface area contributed by atoms with Gasteiger partial charge in [-0.1, -0.05) is 38.8 Å². The second-order valence-corrected chi connectivity index (χ2v) is 19.6. The van der Waals surface area contributed by atoms with Gasteiger partial charge in [0, 0.05) is 23.3 Å². The molecule has 2 saturated carbocycles. The summed E-state index contributed by atoms with van der Waals surface area (Å²) in [5.41, 5.74) is -4.10. The van der Waals surface area contributed by atoms with E-state index >= 15 is 0 Å². The van der Waals surface area contributed by atoms with Gasteiger partial charge in [0.25, 0.3) is 5.91 Å². The molecule has 1 aromatic carbocycles. The summed E-state index contributed by atoms with van der Waals surface area (Å²) >= 11 is 0. The number of alkyl halides is 3. The third-order valence-corrected chi connectivity index (χ3v) is 15.0. The Labute approximate surface area is 341 Å². The number of nitrogens with zero attached hydrogens (tertiary/aromatic N) is 2. The average Bonchev–Trinajstić information content (AvgIpc) is 4.06. The predicted molar refractivity (Wildman–Crippen MR) is 209 cm³/mol. The number of hydrogen-bond acceptors (Lipinski definition) is 10. The van der Waals surface area contributed by atoms with E-state index in [1.54, 1.807) is 19.1 Å². The van der Waals surface area contributed by atoms with Gasteiger partial charge in [-0.3, -0.25) is 19.1 Å². The van der Waals surface area contributed by atoms with E-state index < -0.39 is 91.5 Å². The van der Waals surface area contributed by atoms with Gasteiger partial charge in [0.1, 0.15) is 35.1 Å². The number of amides is 4. The summed E-state index contributed by atoms with van der Waals surface area (Å²) in [7, 11) is -2.66. The first-order valence-corrected chi connectivity index (χ1v) is 21.8. The molecular formula is C41H52F3N5O9S. The van der Waals surface area contributed by atoms with Crippen LogP contribution in [0.2, 0.25) is 0 Å². The molecule has 1 saturated heterocycles. The number of rotatable bonds is 7. The highest BCUT2D eigenvalue weighted by molar-refractivity contribution is 7.91. The fourth-order valence-corrected chi connectivity index (χ4v) is 9.62. The van der Waals surface area contributed by atoms with Crippen LogP contribution >= 0.6 is 0 Å². The first-order chi connectivity index (χ1) is 27.7. The van der Waals surface area contributed by atoms with Crippen LogP contribution in [0, 0.1) is 11.8 Å². The van der Waals surface area contributed by atoms with Gasteiger partial charge in [-0.2, -0.15) is 13.2 Å². The van der Waals surface area contributed by atoms with Crippen molar-refractivity contribution < 1.29 is 55.0 Å². The Morgan fingerprint density at radius 3 is 2.51 bits per heavy atom. The maximum absolute atomic E-state index is 14.8. The van der Waals surface area contributed by atoms with Gasteiger partial charge in [0.15, 0.2) is 11.4 Å². The molecule has 3 aliphatic heterocycles. The maximum atomic E-state index is 14.8. The van der Waals surface area contributed by atoms with Crippen LogP contribution < -0.4 is 24.8 Å². The standard InChI is InChI=1S/C41H52F3N5O9S/c1-23(2)24(3)57-37(53)46-30-12-10-8-6-7-9-11-25-20-40(25,36(52)48-59(54,55)38(4)17-18-38)47-34(50)31-21-39(22-49(31)35(30)51)16-15-27-28-19-26(56-5)13-14-29(28)45-33(32(27)58-39)41(42,43)44/h9,11,13-14,19,23-25,30-31H,6-8,10,12,15-18,20-22H2,1-5H3,(H,46,53)(H,47,50)(H,48,52)/b11-9-/t24-,25+,30-,31-,39+,40+/m0/s1. The summed E-state index contributed by atoms with van der Waals surface area (Å²) in [5, 5.41) is 5.89. The molecule has 2 aromatic rings. The number of methoxy groups -OCH3 is 1. The lowest BCUT2D eigenvalue weighted by Crippen LogP contribution is -2.58. The minimum absolute atomic E-state index is 0.0255. The highest BCUT2D eigenvalue weighted by Crippen LogP contribution is 2.50. The minimum atomic E-state index is -4.93. The van der Waals surface area contributed by atoms with E-state index in [1.807, 2.05) is 19.9 Å². The molecule has 2 aliphatic carbocycles. The van der Waals surface area contributed by atoms with E-state index in [0.717, 1.165) is 0 Å². The first kappa shape index (κ1) is 42.5. The van der Waals surface area contributed by atoms with Gasteiger partial charge in [-0.15, -0.1) is 0 Å². The topological polar surface area (TPSA) is 182 Å². The molecule has 0 radical (unpaired) electrons. The monoisotopic (exact) mass is 847 g/mol. The van der Waals surface area contributed by atoms with Crippen molar-refractivity contribution in [1.82, 2.24) is 25.2 Å². The lowest BCUT2D eigenvalue weighted by molar-refractivity contribution is -0.144. The third-order valence-electron chi connectivity index (χ3n) is 12.8. The SMILES string of the molecule is COc1ccc2nc(C(F)(F)F)c3c(c2c1)CC[C@]1(C[C@H]2C(=O)N[C@]4(C(=O)NS(=O)(=O)C5(C)CC5)C[C@H]4/C=C\CCCCC[C@H](NC(=O)O[C@@H](C)C(C)C)C(=O)N2C1)O3. The van der Waals surface area contributed by atoms with Crippen LogP contribution in [-0.2, 0) is 41.7 Å². The molecule has 18 heteroatoms. The van der Waals surface area contributed by atoms with Crippen LogP contribution in [-0.4, -0.2) is 89.8 Å². The number of aryl methyl sites for hydroxylation is 1. The largest absolute Gasteiger partial charge is 0.497 e. The summed E-state index contributed by atoms with van der Waals surface area (Å²) in [6.45, 7) is 6.66. The number of benzene rings is 1. The molecule has 1 spiro atoms. The van der Waals surface area contributed by atoms with Crippen LogP contribution in [0.3, 0.4) is 0 Å². The number of carbonyl (C=O) groups excluding carboxylic acids is 4. The minimum Gasteiger partial charge on any atom is -0.497 e. The normalized spacial score (nSPS) is 29.1. The summed E-state index contributed by atoms with van der Waals surface area (Å²) in [6, 6.07) is 1.97. The number of allylic oxidation sites excluding steroid dienone is 1. The van der Waals surface area contributed by atoms with Crippen LogP contribution in [0.15, 0.2) is 30.4 Å². The summed E-state index contributed by atoms with van der Waals surface area (Å²) < 4.78 is 89.1. The highest BCUT2D eigenvalue weighted by Gasteiger charge is 2.64. The number of hydrogen-bond donors (Lipinski definition) is 3. The van der Waals surface area contributed by atoms with Gasteiger partial charge in [0.05, 0.1) is 23.9 Å². The van der Waals surface area contributed by atoms with Crippen molar-refractivity contribution in [1.29, 1.82) is 0 Å². The number of nitrogens with one attached hydrogen (secondary N) is 3. The lowest BCUT2D eigenvalue weighted by Gasteiger charge is -2.37. The van der Waals surface area contributed by atoms with Gasteiger partial charge >= 0.3 is 12.3 Å². The molecule has 59 heavy (non-hydrogen) atoms. The maximum Gasteiger partial charge on any atom is 0.437 e. The molecule has 0 bridgehead atoms. The molecular weight excluding hydrogens is 796 g/mol. The number of halogens is 3. The number of sulfonamides is 1. The van der Waals surface area contributed by atoms with Crippen molar-refractivity contribution in [3.05, 3.63) is 41.6 Å². The molecule has 5 aliphatic rings. The molecule has 322 valence electrons. The third kappa shape index (κ3) is 8.29. The van der Waals surface area contributed by atoms with Crippen molar-refractivity contribution >= 4 is 44.7 Å². The predicted octanol–water partition coefficient (Wildman–Crippen LogP) is 5.46. The van der Waals surface area contributed by atoms with Crippen LogP contribution in [0.5, 0.6) is 11.5 Å². The van der Waals surface area contributed by atoms with E-state index in [-0.39, 0.29) is 55.6 Å². The summed E-state index contributed by atoms with van der Waals surface area (Å²) in [4.78, 5) is 61.7. The Kier molecular flexibility index (Phi) is 11.1. The molecule has 0 unspecified atom stereocenters. The van der Waals surface area contributed by atoms with E-state index in [4.69, 9.17) is 14.2 Å². The quantitative estimate of drug-likeness (QED) is 0.303. The number of alkyl carbamates (subject to hydrolysis) is 1. The van der Waals surface area contributed by atoms with Crippen molar-refractivity contribution in [2.24, 2.45) is 11.8 Å². The smallest absolute Gasteiger partial charge is 0.437 e. The lowest BCUT2D eigenvalue weighted by atomic mass is 9.87. The molecule has 3 N–H and O–H groups in total. The molecule has 4 amide bonds. The van der Waals surface area contributed by atoms with E-state index in [0.29, 0.717) is 49.7 Å². The zero-order valence-corrected chi connectivity index (χ0v) is 34.7. The Morgan fingerprint density at radius 2 is 1.83 bits per heavy atom. The molecule has 3 fully saturated rings. The fraction of sp³-hybridized carbons (Fsp3) is 0.634. The Hall–Kier alpha value is -4.61. The molecule has 14 nitrogen and oxygen atoms in total. The van der Waals surface area contributed by atoms with Crippen LogP contribution in [0.4, 0.5) is 18.0 Å². The van der Waals surface area contributed by atoms with Gasteiger partial charge in [0.2, 0.25) is 21.8 Å². The van der Waals surface area contributed by atoms with Gasteiger partial charge < -0.3 is 29.7 Å². The van der Waals surface area contributed by atoms with Crippen molar-refractivity contribution in [3.8, 4) is 11.5 Å². The summed E-state index contributed by atoms with van der Waals surface area (Å²) in [6.07, 6.45) is 0.800. The molecule has 4 heterocycles. The van der Waals surface area contributed by atoms with E-state index in [2.05, 4.69) is 20.3 Å². The van der Waals surface area contributed by atoms with Gasteiger partial charge in [-0.25, -0.2) is 18.2 Å². The Balaban J connectivity index is 1.27. The Morgan fingerprint density at radius 1 is 1.08 bits per heavy atom. The zero-order valence-electron chi connectivity index (χ0n) is 33.9. The second-order valence-electron chi connectivity index (χ2n) is 17.4. The number of carbonyl (C=O) groups is 4. The number of aromatic nitrogens is 1. The number of fused-ring (bicyclic) bond motifs is 5. The van der Waals surface area contributed by atoms with Crippen molar-refractivity contribution in [2.75, 3.05) is 13.7 Å². The van der Waals surface area contributed by atoms with E-state index in [1.165, 1.54) is 31.1 Å². The number of ether oxygens (including phenoxy) is 3. The average molecular weight is 848 g/mol. The van der Waals surface area contributed by atoms with Crippen molar-refractivity contribution in [2.45, 2.75) is 139 Å². The molecule has 1 aromatic heterocycles. The summed E-state index contributed by atoms with van der Waals surface area (Å²) in [5.74, 6) is -3.09. The highest BCUT2D eigenvalue weighted by atomic mass is 32.2. The van der Waals surface area contributed by atoms with Crippen LogP contribution in [0.1, 0.15) is 103 Å². The van der Waals surface area contributed by atoms with Crippen LogP contribution in [0.25, 0.3) is 10.9 Å². The first-order valence-electron chi connectivity index (χ1n) is 20.3. The van der Waals surface area contributed by atoms with Crippen molar-refractivity contribution in [3.63, 3.8) is 0 Å². The van der Waals surface area contributed by atoms with Gasteiger partial charge in [-0.05, 0) is 89.3 Å². The van der Waals surface area contributed by atoms with E-state index in [9.17, 15) is 40.8 Å².